The number of rotatable bonds is 4. The van der Waals surface area contributed by atoms with E-state index >= 15 is 0 Å². The molecular weight excluding hydrogens is 373 g/mol. The lowest BCUT2D eigenvalue weighted by Crippen LogP contribution is -2.14. The van der Waals surface area contributed by atoms with E-state index < -0.39 is 0 Å². The monoisotopic (exact) mass is 387 g/mol. The molecule has 3 aromatic heterocycles. The largest absolute Gasteiger partial charge is 0.325 e. The van der Waals surface area contributed by atoms with Crippen molar-refractivity contribution in [2.24, 2.45) is 0 Å². The van der Waals surface area contributed by atoms with Gasteiger partial charge in [-0.05, 0) is 43.7 Å². The molecule has 0 aliphatic heterocycles. The first-order valence-electron chi connectivity index (χ1n) is 7.80. The highest BCUT2D eigenvalue weighted by Gasteiger charge is 2.16. The molecule has 0 spiro atoms. The van der Waals surface area contributed by atoms with Gasteiger partial charge in [-0.15, -0.1) is 21.5 Å². The zero-order valence-electron chi connectivity index (χ0n) is 14.0. The third-order valence-corrected chi connectivity index (χ3v) is 6.06. The third kappa shape index (κ3) is 3.04. The summed E-state index contributed by atoms with van der Waals surface area (Å²) in [4.78, 5) is 18.7. The number of thiophene rings is 1. The molecule has 0 unspecified atom stereocenters. The molecule has 26 heavy (non-hydrogen) atoms. The van der Waals surface area contributed by atoms with Crippen LogP contribution >= 0.6 is 23.1 Å². The number of halogens is 1. The summed E-state index contributed by atoms with van der Waals surface area (Å²) in [5.41, 5.74) is 2.45. The Hall–Kier alpha value is -2.52. The van der Waals surface area contributed by atoms with Crippen LogP contribution in [0.2, 0.25) is 0 Å². The van der Waals surface area contributed by atoms with Gasteiger partial charge in [0.25, 0.3) is 0 Å². The quantitative estimate of drug-likeness (QED) is 0.539. The lowest BCUT2D eigenvalue weighted by atomic mass is 10.2. The van der Waals surface area contributed by atoms with Gasteiger partial charge in [-0.2, -0.15) is 0 Å². The number of carbonyl (C=O) groups is 1. The van der Waals surface area contributed by atoms with Crippen molar-refractivity contribution >= 4 is 50.6 Å². The Kier molecular flexibility index (Phi) is 4.33. The smallest absolute Gasteiger partial charge is 0.234 e. The van der Waals surface area contributed by atoms with E-state index in [4.69, 9.17) is 0 Å². The number of amides is 1. The van der Waals surface area contributed by atoms with Gasteiger partial charge in [0.2, 0.25) is 5.91 Å². The third-order valence-electron chi connectivity index (χ3n) is 4.01. The number of fused-ring (bicyclic) bond motifs is 3. The number of carbonyl (C=O) groups excluding carboxylic acids is 1. The summed E-state index contributed by atoms with van der Waals surface area (Å²) in [7, 11) is 0. The standard InChI is InChI=1S/C17H14FN5OS2/c1-9-10(2)26-16-14(9)15-21-22-17(23(15)8-19-16)25-7-13(24)20-12-5-3-11(18)4-6-12/h3-6,8H,7H2,1-2H3,(H,20,24). The second kappa shape index (κ2) is 6.65. The number of hydrogen-bond acceptors (Lipinski definition) is 6. The van der Waals surface area contributed by atoms with E-state index in [9.17, 15) is 9.18 Å². The maximum Gasteiger partial charge on any atom is 0.234 e. The van der Waals surface area contributed by atoms with Gasteiger partial charge in [-0.1, -0.05) is 11.8 Å². The fraction of sp³-hybridized carbons (Fsp3) is 0.176. The molecule has 132 valence electrons. The first-order chi connectivity index (χ1) is 12.5. The molecule has 0 fully saturated rings. The number of benzene rings is 1. The molecule has 0 atom stereocenters. The number of hydrogen-bond donors (Lipinski definition) is 1. The number of nitrogens with zero attached hydrogens (tertiary/aromatic N) is 4. The summed E-state index contributed by atoms with van der Waals surface area (Å²) in [5, 5.41) is 12.8. The van der Waals surface area contributed by atoms with Crippen LogP contribution in [0.1, 0.15) is 10.4 Å². The molecule has 0 bridgehead atoms. The maximum atomic E-state index is 12.9. The predicted molar refractivity (Wildman–Crippen MR) is 101 cm³/mol. The van der Waals surface area contributed by atoms with Crippen LogP contribution in [0.25, 0.3) is 15.9 Å². The van der Waals surface area contributed by atoms with Gasteiger partial charge >= 0.3 is 0 Å². The highest BCUT2D eigenvalue weighted by Crippen LogP contribution is 2.32. The first-order valence-corrected chi connectivity index (χ1v) is 9.61. The Balaban J connectivity index is 1.53. The van der Waals surface area contributed by atoms with Crippen LogP contribution in [-0.2, 0) is 4.79 Å². The second-order valence-corrected chi connectivity index (χ2v) is 7.87. The minimum Gasteiger partial charge on any atom is -0.325 e. The van der Waals surface area contributed by atoms with Gasteiger partial charge in [-0.3, -0.25) is 9.20 Å². The van der Waals surface area contributed by atoms with Crippen LogP contribution in [0.3, 0.4) is 0 Å². The van der Waals surface area contributed by atoms with Crippen LogP contribution in [0.4, 0.5) is 10.1 Å². The summed E-state index contributed by atoms with van der Waals surface area (Å²) in [6, 6.07) is 5.65. The van der Waals surface area contributed by atoms with E-state index in [-0.39, 0.29) is 17.5 Å². The average Bonchev–Trinajstić information content (AvgIpc) is 3.16. The Morgan fingerprint density at radius 2 is 2.04 bits per heavy atom. The van der Waals surface area contributed by atoms with Crippen LogP contribution in [0.15, 0.2) is 35.7 Å². The summed E-state index contributed by atoms with van der Waals surface area (Å²) in [5.74, 6) is -0.377. The van der Waals surface area contributed by atoms with E-state index in [1.165, 1.54) is 40.9 Å². The van der Waals surface area contributed by atoms with Crippen molar-refractivity contribution in [1.82, 2.24) is 19.6 Å². The van der Waals surface area contributed by atoms with Crippen molar-refractivity contribution in [3.63, 3.8) is 0 Å². The highest BCUT2D eigenvalue weighted by atomic mass is 32.2. The molecule has 0 aliphatic carbocycles. The zero-order chi connectivity index (χ0) is 18.3. The summed E-state index contributed by atoms with van der Waals surface area (Å²) in [6.45, 7) is 4.11. The van der Waals surface area contributed by atoms with Crippen molar-refractivity contribution < 1.29 is 9.18 Å². The van der Waals surface area contributed by atoms with E-state index in [0.29, 0.717) is 10.8 Å². The number of aryl methyl sites for hydroxylation is 2. The Bertz CT molecular complexity index is 1120. The minimum absolute atomic E-state index is 0.165. The van der Waals surface area contributed by atoms with Crippen LogP contribution in [-0.4, -0.2) is 31.2 Å². The molecule has 0 aliphatic rings. The molecule has 0 saturated heterocycles. The first kappa shape index (κ1) is 16.9. The summed E-state index contributed by atoms with van der Waals surface area (Å²) >= 11 is 2.91. The molecule has 3 heterocycles. The van der Waals surface area contributed by atoms with Gasteiger partial charge in [0.1, 0.15) is 17.0 Å². The molecule has 9 heteroatoms. The molecule has 1 N–H and O–H groups in total. The zero-order valence-corrected chi connectivity index (χ0v) is 15.6. The van der Waals surface area contributed by atoms with Gasteiger partial charge < -0.3 is 5.32 Å². The molecule has 4 aromatic rings. The van der Waals surface area contributed by atoms with E-state index in [1.54, 1.807) is 22.1 Å². The Morgan fingerprint density at radius 3 is 2.81 bits per heavy atom. The molecule has 1 amide bonds. The minimum atomic E-state index is -0.343. The predicted octanol–water partition coefficient (Wildman–Crippen LogP) is 3.83. The highest BCUT2D eigenvalue weighted by molar-refractivity contribution is 7.99. The van der Waals surface area contributed by atoms with E-state index in [2.05, 4.69) is 27.4 Å². The Morgan fingerprint density at radius 1 is 1.27 bits per heavy atom. The molecule has 6 nitrogen and oxygen atoms in total. The second-order valence-electron chi connectivity index (χ2n) is 5.73. The number of aromatic nitrogens is 4. The van der Waals surface area contributed by atoms with E-state index in [1.807, 2.05) is 6.92 Å². The topological polar surface area (TPSA) is 72.2 Å². The molecule has 0 radical (unpaired) electrons. The van der Waals surface area contributed by atoms with Crippen LogP contribution in [0.5, 0.6) is 0 Å². The van der Waals surface area contributed by atoms with Gasteiger partial charge in [0, 0.05) is 10.6 Å². The lowest BCUT2D eigenvalue weighted by molar-refractivity contribution is -0.113. The molecule has 4 rings (SSSR count). The van der Waals surface area contributed by atoms with Crippen molar-refractivity contribution in [2.45, 2.75) is 19.0 Å². The Labute approximate surface area is 156 Å². The van der Waals surface area contributed by atoms with Crippen molar-refractivity contribution in [3.05, 3.63) is 46.9 Å². The number of anilines is 1. The van der Waals surface area contributed by atoms with Crippen molar-refractivity contribution in [1.29, 1.82) is 0 Å². The number of nitrogens with one attached hydrogen (secondary N) is 1. The maximum absolute atomic E-state index is 12.9. The lowest BCUT2D eigenvalue weighted by Gasteiger charge is -2.04. The van der Waals surface area contributed by atoms with Gasteiger partial charge in [0.05, 0.1) is 11.1 Å². The van der Waals surface area contributed by atoms with Gasteiger partial charge in [-0.25, -0.2) is 9.37 Å². The normalized spacial score (nSPS) is 11.3. The van der Waals surface area contributed by atoms with Crippen LogP contribution < -0.4 is 5.32 Å². The number of thioether (sulfide) groups is 1. The van der Waals surface area contributed by atoms with Crippen LogP contribution in [0, 0.1) is 19.7 Å². The average molecular weight is 387 g/mol. The van der Waals surface area contributed by atoms with Gasteiger partial charge in [0.15, 0.2) is 10.8 Å². The fourth-order valence-corrected chi connectivity index (χ4v) is 4.28. The molecular formula is C17H14FN5OS2. The molecule has 0 saturated carbocycles. The van der Waals surface area contributed by atoms with Crippen molar-refractivity contribution in [3.8, 4) is 0 Å². The van der Waals surface area contributed by atoms with E-state index in [0.717, 1.165) is 21.4 Å². The van der Waals surface area contributed by atoms with Crippen molar-refractivity contribution in [2.75, 3.05) is 11.1 Å². The SMILES string of the molecule is Cc1sc2ncn3c(SCC(=O)Nc4ccc(F)cc4)nnc3c2c1C. The fourth-order valence-electron chi connectivity index (χ4n) is 2.58. The summed E-state index contributed by atoms with van der Waals surface area (Å²) in [6.07, 6.45) is 1.69. The summed E-state index contributed by atoms with van der Waals surface area (Å²) < 4.78 is 14.7. The molecule has 1 aromatic carbocycles.